The Balaban J connectivity index is 1.94. The van der Waals surface area contributed by atoms with Crippen LogP contribution in [0.5, 0.6) is 0 Å². The molecule has 1 aliphatic carbocycles. The summed E-state index contributed by atoms with van der Waals surface area (Å²) in [4.78, 5) is 28.5. The molecule has 4 nitrogen and oxygen atoms in total. The number of carbonyl (C=O) groups is 2. The minimum Gasteiger partial charge on any atom is -0.328 e. The number of nitrogens with zero attached hydrogens (tertiary/aromatic N) is 1. The van der Waals surface area contributed by atoms with Gasteiger partial charge in [0.1, 0.15) is 6.04 Å². The molecule has 1 atom stereocenters. The van der Waals surface area contributed by atoms with Gasteiger partial charge in [-0.15, -0.1) is 0 Å². The number of allylic oxidation sites excluding steroid dienone is 2. The normalized spacial score (nSPS) is 14.6. The van der Waals surface area contributed by atoms with Gasteiger partial charge in [0.05, 0.1) is 0 Å². The Bertz CT molecular complexity index is 830. The average Bonchev–Trinajstić information content (AvgIpc) is 2.78. The van der Waals surface area contributed by atoms with E-state index in [0.29, 0.717) is 12.1 Å². The van der Waals surface area contributed by atoms with Crippen LogP contribution in [0.4, 0.5) is 0 Å². The molecule has 0 bridgehead atoms. The Morgan fingerprint density at radius 2 is 1.69 bits per heavy atom. The van der Waals surface area contributed by atoms with Crippen LogP contribution in [0, 0.1) is 0 Å². The lowest BCUT2D eigenvalue weighted by atomic mass is 10.0. The molecule has 0 saturated carbocycles. The molecule has 0 radical (unpaired) electrons. The minimum absolute atomic E-state index is 0.110. The van der Waals surface area contributed by atoms with Crippen molar-refractivity contribution in [2.45, 2.75) is 51.5 Å². The van der Waals surface area contributed by atoms with Gasteiger partial charge in [0.25, 0.3) is 11.8 Å². The Morgan fingerprint density at radius 3 is 2.31 bits per heavy atom. The summed E-state index contributed by atoms with van der Waals surface area (Å²) in [7, 11) is 0. The van der Waals surface area contributed by atoms with E-state index in [9.17, 15) is 9.59 Å². The van der Waals surface area contributed by atoms with Crippen LogP contribution in [-0.4, -0.2) is 23.3 Å². The molecular weight excluding hydrogens is 360 g/mol. The van der Waals surface area contributed by atoms with E-state index < -0.39 is 6.04 Å². The number of hydrogen-bond donors (Lipinski definition) is 1. The lowest BCUT2D eigenvalue weighted by Gasteiger charge is -2.32. The van der Waals surface area contributed by atoms with E-state index in [-0.39, 0.29) is 11.8 Å². The van der Waals surface area contributed by atoms with Crippen LogP contribution in [0.25, 0.3) is 0 Å². The van der Waals surface area contributed by atoms with Crippen LogP contribution in [0.1, 0.15) is 67.4 Å². The van der Waals surface area contributed by atoms with Gasteiger partial charge < -0.3 is 10.2 Å². The first kappa shape index (κ1) is 20.8. The molecule has 152 valence electrons. The number of carbonyl (C=O) groups excluding carboxylic acids is 2. The first-order valence-corrected chi connectivity index (χ1v) is 10.6. The van der Waals surface area contributed by atoms with Gasteiger partial charge >= 0.3 is 0 Å². The maximum Gasteiger partial charge on any atom is 0.254 e. The highest BCUT2D eigenvalue weighted by molar-refractivity contribution is 5.98. The highest BCUT2D eigenvalue weighted by Crippen LogP contribution is 2.25. The Kier molecular flexibility index (Phi) is 7.62. The van der Waals surface area contributed by atoms with Crippen LogP contribution < -0.4 is 5.32 Å². The molecule has 1 N–H and O–H groups in total. The van der Waals surface area contributed by atoms with Gasteiger partial charge in [0, 0.05) is 17.8 Å². The molecule has 0 unspecified atom stereocenters. The van der Waals surface area contributed by atoms with Crippen molar-refractivity contribution < 1.29 is 9.59 Å². The van der Waals surface area contributed by atoms with E-state index in [2.05, 4.69) is 18.3 Å². The number of hydrogen-bond acceptors (Lipinski definition) is 2. The van der Waals surface area contributed by atoms with Crippen LogP contribution in [0.15, 0.2) is 72.4 Å². The van der Waals surface area contributed by atoms with Crippen molar-refractivity contribution in [1.29, 1.82) is 0 Å². The quantitative estimate of drug-likeness (QED) is 0.670. The van der Waals surface area contributed by atoms with Gasteiger partial charge in [-0.05, 0) is 49.8 Å². The largest absolute Gasteiger partial charge is 0.328 e. The van der Waals surface area contributed by atoms with Crippen LogP contribution in [0.3, 0.4) is 0 Å². The van der Waals surface area contributed by atoms with Crippen LogP contribution in [0.2, 0.25) is 0 Å². The van der Waals surface area contributed by atoms with Gasteiger partial charge in [0.15, 0.2) is 0 Å². The smallest absolute Gasteiger partial charge is 0.254 e. The van der Waals surface area contributed by atoms with Crippen molar-refractivity contribution in [2.75, 3.05) is 6.54 Å². The van der Waals surface area contributed by atoms with Crippen molar-refractivity contribution >= 4 is 11.8 Å². The third kappa shape index (κ3) is 5.57. The number of nitrogens with one attached hydrogen (secondary N) is 1. The average molecular weight is 391 g/mol. The van der Waals surface area contributed by atoms with Gasteiger partial charge in [-0.1, -0.05) is 68.0 Å². The summed E-state index contributed by atoms with van der Waals surface area (Å²) in [6, 6.07) is 18.2. The summed E-state index contributed by atoms with van der Waals surface area (Å²) in [5.74, 6) is -0.245. The fourth-order valence-electron chi connectivity index (χ4n) is 3.71. The van der Waals surface area contributed by atoms with E-state index in [1.54, 1.807) is 4.90 Å². The van der Waals surface area contributed by atoms with Gasteiger partial charge in [-0.25, -0.2) is 0 Å². The summed E-state index contributed by atoms with van der Waals surface area (Å²) >= 11 is 0. The van der Waals surface area contributed by atoms with Crippen molar-refractivity contribution in [3.63, 3.8) is 0 Å². The SMILES string of the molecule is CCCCN(C(=O)c1ccccc1)[C@@H](C(=O)NC1=CCCCC1)c1ccccc1. The van der Waals surface area contributed by atoms with Crippen molar-refractivity contribution in [1.82, 2.24) is 10.2 Å². The molecule has 2 aromatic rings. The Labute approximate surface area is 173 Å². The van der Waals surface area contributed by atoms with Crippen molar-refractivity contribution in [3.05, 3.63) is 83.6 Å². The van der Waals surface area contributed by atoms with Crippen molar-refractivity contribution in [2.24, 2.45) is 0 Å². The predicted octanol–water partition coefficient (Wildman–Crippen LogP) is 5.24. The van der Waals surface area contributed by atoms with E-state index in [1.807, 2.05) is 60.7 Å². The summed E-state index contributed by atoms with van der Waals surface area (Å²) in [5, 5.41) is 3.11. The second-order valence-electron chi connectivity index (χ2n) is 7.50. The maximum atomic E-state index is 13.4. The molecular formula is C25H30N2O2. The predicted molar refractivity (Wildman–Crippen MR) is 116 cm³/mol. The third-order valence-corrected chi connectivity index (χ3v) is 5.28. The second-order valence-corrected chi connectivity index (χ2v) is 7.50. The zero-order chi connectivity index (χ0) is 20.5. The van der Waals surface area contributed by atoms with E-state index >= 15 is 0 Å². The van der Waals surface area contributed by atoms with Crippen LogP contribution in [-0.2, 0) is 4.79 Å². The zero-order valence-corrected chi connectivity index (χ0v) is 17.1. The fourth-order valence-corrected chi connectivity index (χ4v) is 3.71. The summed E-state index contributed by atoms with van der Waals surface area (Å²) in [5.41, 5.74) is 2.42. The molecule has 2 amide bonds. The van der Waals surface area contributed by atoms with Gasteiger partial charge in [0.2, 0.25) is 0 Å². The summed E-state index contributed by atoms with van der Waals surface area (Å²) in [6.07, 6.45) is 8.04. The lowest BCUT2D eigenvalue weighted by Crippen LogP contribution is -2.44. The molecule has 3 rings (SSSR count). The lowest BCUT2D eigenvalue weighted by molar-refractivity contribution is -0.125. The fraction of sp³-hybridized carbons (Fsp3) is 0.360. The van der Waals surface area contributed by atoms with Crippen molar-refractivity contribution in [3.8, 4) is 0 Å². The Morgan fingerprint density at radius 1 is 1.00 bits per heavy atom. The van der Waals surface area contributed by atoms with Gasteiger partial charge in [-0.3, -0.25) is 9.59 Å². The van der Waals surface area contributed by atoms with E-state index in [0.717, 1.165) is 49.8 Å². The highest BCUT2D eigenvalue weighted by Gasteiger charge is 2.32. The first-order valence-electron chi connectivity index (χ1n) is 10.6. The number of amides is 2. The third-order valence-electron chi connectivity index (χ3n) is 5.28. The maximum absolute atomic E-state index is 13.4. The summed E-state index contributed by atoms with van der Waals surface area (Å²) in [6.45, 7) is 2.63. The Hall–Kier alpha value is -2.88. The number of benzene rings is 2. The molecule has 0 spiro atoms. The van der Waals surface area contributed by atoms with E-state index in [4.69, 9.17) is 0 Å². The molecule has 29 heavy (non-hydrogen) atoms. The monoisotopic (exact) mass is 390 g/mol. The molecule has 1 aliphatic rings. The molecule has 0 aliphatic heterocycles. The molecule has 0 heterocycles. The standard InChI is InChI=1S/C25H30N2O2/c1-2-3-19-27(25(29)21-15-9-5-10-16-21)23(20-13-7-4-8-14-20)24(28)26-22-17-11-6-12-18-22/h4-5,7-10,13-17,23H,2-3,6,11-12,18-19H2,1H3,(H,26,28)/t23-/m1/s1. The molecule has 0 saturated heterocycles. The number of rotatable bonds is 8. The van der Waals surface area contributed by atoms with Gasteiger partial charge in [-0.2, -0.15) is 0 Å². The zero-order valence-electron chi connectivity index (χ0n) is 17.1. The van der Waals surface area contributed by atoms with E-state index in [1.165, 1.54) is 0 Å². The topological polar surface area (TPSA) is 49.4 Å². The molecule has 4 heteroatoms. The molecule has 0 fully saturated rings. The first-order chi connectivity index (χ1) is 14.2. The molecule has 2 aromatic carbocycles. The second kappa shape index (κ2) is 10.6. The van der Waals surface area contributed by atoms with Crippen LogP contribution >= 0.6 is 0 Å². The number of unbranched alkanes of at least 4 members (excludes halogenated alkanes) is 1. The highest BCUT2D eigenvalue weighted by atomic mass is 16.2. The minimum atomic E-state index is -0.654. The molecule has 0 aromatic heterocycles. The summed E-state index contributed by atoms with van der Waals surface area (Å²) < 4.78 is 0.